The average Bonchev–Trinajstić information content (AvgIpc) is 1.97. The zero-order valence-electron chi connectivity index (χ0n) is 8.64. The zero-order valence-corrected chi connectivity index (χ0v) is 8.64. The molecule has 0 aromatic carbocycles. The third kappa shape index (κ3) is 2.01. The van der Waals surface area contributed by atoms with Gasteiger partial charge in [0.15, 0.2) is 0 Å². The van der Waals surface area contributed by atoms with Gasteiger partial charge in [-0.15, -0.1) is 0 Å². The van der Waals surface area contributed by atoms with Gasteiger partial charge in [0.25, 0.3) is 0 Å². The molecule has 2 atom stereocenters. The van der Waals surface area contributed by atoms with E-state index in [4.69, 9.17) is 5.11 Å². The summed E-state index contributed by atoms with van der Waals surface area (Å²) in [5.74, 6) is 1.54. The highest BCUT2D eigenvalue weighted by Crippen LogP contribution is 2.45. The molecule has 0 heterocycles. The van der Waals surface area contributed by atoms with Crippen molar-refractivity contribution in [2.24, 2.45) is 17.3 Å². The summed E-state index contributed by atoms with van der Waals surface area (Å²) in [4.78, 5) is 0. The van der Waals surface area contributed by atoms with Crippen LogP contribution < -0.4 is 0 Å². The second-order valence-electron chi connectivity index (χ2n) is 4.98. The smallest absolute Gasteiger partial charge is 0.0433 e. The van der Waals surface area contributed by atoms with Gasteiger partial charge in [0.1, 0.15) is 0 Å². The molecule has 1 rings (SSSR count). The van der Waals surface area contributed by atoms with Crippen molar-refractivity contribution < 1.29 is 5.11 Å². The minimum atomic E-state index is 0.360. The van der Waals surface area contributed by atoms with Crippen molar-refractivity contribution >= 4 is 0 Å². The highest BCUT2D eigenvalue weighted by atomic mass is 16.3. The fourth-order valence-electron chi connectivity index (χ4n) is 2.85. The van der Waals surface area contributed by atoms with Gasteiger partial charge in [0, 0.05) is 6.61 Å². The molecule has 1 nitrogen and oxygen atoms in total. The zero-order chi connectivity index (χ0) is 9.19. The van der Waals surface area contributed by atoms with Gasteiger partial charge in [0.05, 0.1) is 0 Å². The van der Waals surface area contributed by atoms with E-state index < -0.39 is 0 Å². The number of rotatable bonds is 2. The Morgan fingerprint density at radius 1 is 1.42 bits per heavy atom. The molecule has 0 aromatic heterocycles. The summed E-state index contributed by atoms with van der Waals surface area (Å²) in [6, 6.07) is 0. The van der Waals surface area contributed by atoms with E-state index in [9.17, 15) is 0 Å². The summed E-state index contributed by atoms with van der Waals surface area (Å²) in [6.07, 6.45) is 5.06. The maximum Gasteiger partial charge on any atom is 0.0433 e. The van der Waals surface area contributed by atoms with Crippen LogP contribution in [0.4, 0.5) is 0 Å². The second kappa shape index (κ2) is 3.78. The molecule has 0 spiro atoms. The SMILES string of the molecule is CC1CCCC(C)(C)C1CCO. The van der Waals surface area contributed by atoms with Crippen LogP contribution in [0.3, 0.4) is 0 Å². The van der Waals surface area contributed by atoms with E-state index in [0.29, 0.717) is 12.0 Å². The first-order chi connectivity index (χ1) is 5.58. The molecular weight excluding hydrogens is 148 g/mol. The standard InChI is InChI=1S/C11H22O/c1-9-5-4-7-11(2,3)10(9)6-8-12/h9-10,12H,4-8H2,1-3H3. The molecule has 0 saturated heterocycles. The molecule has 2 unspecified atom stereocenters. The van der Waals surface area contributed by atoms with Crippen molar-refractivity contribution in [1.29, 1.82) is 0 Å². The van der Waals surface area contributed by atoms with E-state index in [1.165, 1.54) is 19.3 Å². The Bertz CT molecular complexity index is 140. The molecule has 0 aromatic rings. The van der Waals surface area contributed by atoms with Crippen molar-refractivity contribution in [3.8, 4) is 0 Å². The van der Waals surface area contributed by atoms with Crippen LogP contribution in [0, 0.1) is 17.3 Å². The molecule has 0 aliphatic heterocycles. The molecule has 1 aliphatic rings. The van der Waals surface area contributed by atoms with Crippen LogP contribution in [0.15, 0.2) is 0 Å². The number of aliphatic hydroxyl groups is 1. The Kier molecular flexibility index (Phi) is 3.16. The lowest BCUT2D eigenvalue weighted by molar-refractivity contribution is 0.0600. The summed E-state index contributed by atoms with van der Waals surface area (Å²) >= 11 is 0. The molecule has 0 amide bonds. The van der Waals surface area contributed by atoms with Gasteiger partial charge < -0.3 is 5.11 Å². The van der Waals surface area contributed by atoms with Crippen LogP contribution in [-0.4, -0.2) is 11.7 Å². The fraction of sp³-hybridized carbons (Fsp3) is 1.00. The monoisotopic (exact) mass is 170 g/mol. The third-order valence-corrected chi connectivity index (χ3v) is 3.61. The third-order valence-electron chi connectivity index (χ3n) is 3.61. The second-order valence-corrected chi connectivity index (χ2v) is 4.98. The van der Waals surface area contributed by atoms with Crippen LogP contribution in [0.25, 0.3) is 0 Å². The topological polar surface area (TPSA) is 20.2 Å². The van der Waals surface area contributed by atoms with Gasteiger partial charge in [-0.25, -0.2) is 0 Å². The van der Waals surface area contributed by atoms with Crippen LogP contribution >= 0.6 is 0 Å². The first-order valence-electron chi connectivity index (χ1n) is 5.19. The van der Waals surface area contributed by atoms with Gasteiger partial charge in [0.2, 0.25) is 0 Å². The van der Waals surface area contributed by atoms with Gasteiger partial charge in [-0.05, 0) is 30.1 Å². The van der Waals surface area contributed by atoms with Gasteiger partial charge in [-0.2, -0.15) is 0 Å². The normalized spacial score (nSPS) is 35.0. The molecule has 0 bridgehead atoms. The minimum absolute atomic E-state index is 0.360. The Hall–Kier alpha value is -0.0400. The molecule has 1 fully saturated rings. The van der Waals surface area contributed by atoms with Gasteiger partial charge in [-0.3, -0.25) is 0 Å². The van der Waals surface area contributed by atoms with E-state index in [1.54, 1.807) is 0 Å². The minimum Gasteiger partial charge on any atom is -0.396 e. The lowest BCUT2D eigenvalue weighted by atomic mass is 9.63. The van der Waals surface area contributed by atoms with Crippen LogP contribution in [0.5, 0.6) is 0 Å². The maximum absolute atomic E-state index is 8.97. The van der Waals surface area contributed by atoms with E-state index in [1.807, 2.05) is 0 Å². The molecule has 1 heteroatoms. The largest absolute Gasteiger partial charge is 0.396 e. The predicted molar refractivity (Wildman–Crippen MR) is 52.0 cm³/mol. The maximum atomic E-state index is 8.97. The highest BCUT2D eigenvalue weighted by molar-refractivity contribution is 4.86. The lowest BCUT2D eigenvalue weighted by Gasteiger charge is -2.42. The van der Waals surface area contributed by atoms with E-state index in [0.717, 1.165) is 18.3 Å². The fourth-order valence-corrected chi connectivity index (χ4v) is 2.85. The van der Waals surface area contributed by atoms with Crippen molar-refractivity contribution in [3.63, 3.8) is 0 Å². The van der Waals surface area contributed by atoms with Crippen LogP contribution in [-0.2, 0) is 0 Å². The van der Waals surface area contributed by atoms with Gasteiger partial charge in [-0.1, -0.05) is 33.6 Å². The molecule has 0 radical (unpaired) electrons. The number of hydrogen-bond donors (Lipinski definition) is 1. The van der Waals surface area contributed by atoms with Crippen molar-refractivity contribution in [3.05, 3.63) is 0 Å². The van der Waals surface area contributed by atoms with Crippen LogP contribution in [0.2, 0.25) is 0 Å². The first-order valence-corrected chi connectivity index (χ1v) is 5.19. The summed E-state index contributed by atoms with van der Waals surface area (Å²) in [7, 11) is 0. The summed E-state index contributed by atoms with van der Waals surface area (Å²) < 4.78 is 0. The lowest BCUT2D eigenvalue weighted by Crippen LogP contribution is -2.34. The Labute approximate surface area is 76.2 Å². The van der Waals surface area contributed by atoms with Crippen molar-refractivity contribution in [2.45, 2.75) is 46.5 Å². The molecule has 1 aliphatic carbocycles. The Balaban J connectivity index is 2.60. The van der Waals surface area contributed by atoms with E-state index in [-0.39, 0.29) is 0 Å². The Morgan fingerprint density at radius 3 is 2.58 bits per heavy atom. The summed E-state index contributed by atoms with van der Waals surface area (Å²) in [5, 5.41) is 8.97. The van der Waals surface area contributed by atoms with Crippen molar-refractivity contribution in [1.82, 2.24) is 0 Å². The van der Waals surface area contributed by atoms with Crippen LogP contribution in [0.1, 0.15) is 46.5 Å². The molecule has 1 N–H and O–H groups in total. The molecule has 1 saturated carbocycles. The summed E-state index contributed by atoms with van der Waals surface area (Å²) in [5.41, 5.74) is 0.459. The molecule has 72 valence electrons. The number of aliphatic hydroxyl groups excluding tert-OH is 1. The number of hydrogen-bond acceptors (Lipinski definition) is 1. The van der Waals surface area contributed by atoms with E-state index >= 15 is 0 Å². The first kappa shape index (κ1) is 10.0. The van der Waals surface area contributed by atoms with Gasteiger partial charge >= 0.3 is 0 Å². The van der Waals surface area contributed by atoms with E-state index in [2.05, 4.69) is 20.8 Å². The molecular formula is C11H22O. The molecule has 12 heavy (non-hydrogen) atoms. The quantitative estimate of drug-likeness (QED) is 0.675. The predicted octanol–water partition coefficient (Wildman–Crippen LogP) is 2.83. The highest BCUT2D eigenvalue weighted by Gasteiger charge is 2.35. The Morgan fingerprint density at radius 2 is 2.08 bits per heavy atom. The summed E-state index contributed by atoms with van der Waals surface area (Å²) in [6.45, 7) is 7.39. The average molecular weight is 170 g/mol. The van der Waals surface area contributed by atoms with Crippen molar-refractivity contribution in [2.75, 3.05) is 6.61 Å².